The summed E-state index contributed by atoms with van der Waals surface area (Å²) >= 11 is 0. The van der Waals surface area contributed by atoms with Gasteiger partial charge in [-0.2, -0.15) is 0 Å². The minimum Gasteiger partial charge on any atom is -0.466 e. The molecule has 1 aliphatic heterocycles. The highest BCUT2D eigenvalue weighted by molar-refractivity contribution is 5.72. The summed E-state index contributed by atoms with van der Waals surface area (Å²) in [6, 6.07) is 0. The Labute approximate surface area is 97.6 Å². The fourth-order valence-electron chi connectivity index (χ4n) is 2.24. The highest BCUT2D eigenvalue weighted by atomic mass is 16.5. The maximum absolute atomic E-state index is 11.4. The second kappa shape index (κ2) is 6.86. The average Bonchev–Trinajstić information content (AvgIpc) is 2.66. The van der Waals surface area contributed by atoms with Gasteiger partial charge in [0.25, 0.3) is 0 Å². The third-order valence-electron chi connectivity index (χ3n) is 3.13. The first-order valence-corrected chi connectivity index (χ1v) is 6.17. The molecule has 0 saturated carbocycles. The minimum atomic E-state index is -0.104. The van der Waals surface area contributed by atoms with Crippen molar-refractivity contribution >= 4 is 5.97 Å². The van der Waals surface area contributed by atoms with Crippen LogP contribution in [-0.4, -0.2) is 48.8 Å². The Morgan fingerprint density at radius 3 is 3.00 bits per heavy atom. The number of hydrogen-bond acceptors (Lipinski definition) is 4. The van der Waals surface area contributed by atoms with Crippen LogP contribution in [-0.2, 0) is 9.53 Å². The lowest BCUT2D eigenvalue weighted by atomic mass is 10.1. The SMILES string of the molecule is CCOC(=O)C(C)CN1CCC(CCO)C1. The second-order valence-electron chi connectivity index (χ2n) is 4.58. The molecular weight excluding hydrogens is 206 g/mol. The smallest absolute Gasteiger partial charge is 0.309 e. The van der Waals surface area contributed by atoms with E-state index in [1.165, 1.54) is 0 Å². The molecule has 0 aromatic heterocycles. The van der Waals surface area contributed by atoms with E-state index in [0.29, 0.717) is 12.5 Å². The maximum atomic E-state index is 11.4. The third kappa shape index (κ3) is 4.10. The molecule has 1 N–H and O–H groups in total. The van der Waals surface area contributed by atoms with Crippen LogP contribution in [0.3, 0.4) is 0 Å². The molecule has 1 saturated heterocycles. The van der Waals surface area contributed by atoms with Crippen molar-refractivity contribution in [3.63, 3.8) is 0 Å². The van der Waals surface area contributed by atoms with Crippen LogP contribution in [0.25, 0.3) is 0 Å². The Balaban J connectivity index is 2.25. The molecule has 1 fully saturated rings. The lowest BCUT2D eigenvalue weighted by molar-refractivity contribution is -0.147. The molecule has 1 aliphatic rings. The van der Waals surface area contributed by atoms with E-state index in [9.17, 15) is 4.79 Å². The van der Waals surface area contributed by atoms with Crippen LogP contribution in [0.4, 0.5) is 0 Å². The monoisotopic (exact) mass is 229 g/mol. The number of nitrogens with zero attached hydrogens (tertiary/aromatic N) is 1. The van der Waals surface area contributed by atoms with Crippen molar-refractivity contribution in [2.75, 3.05) is 32.8 Å². The van der Waals surface area contributed by atoms with E-state index in [2.05, 4.69) is 4.90 Å². The number of hydrogen-bond donors (Lipinski definition) is 1. The van der Waals surface area contributed by atoms with Gasteiger partial charge in [0.15, 0.2) is 0 Å². The third-order valence-corrected chi connectivity index (χ3v) is 3.13. The molecule has 2 atom stereocenters. The number of ether oxygens (including phenoxy) is 1. The van der Waals surface area contributed by atoms with Crippen LogP contribution in [0, 0.1) is 11.8 Å². The van der Waals surface area contributed by atoms with Gasteiger partial charge in [0.05, 0.1) is 12.5 Å². The summed E-state index contributed by atoms with van der Waals surface area (Å²) < 4.78 is 4.98. The van der Waals surface area contributed by atoms with E-state index in [-0.39, 0.29) is 18.5 Å². The standard InChI is InChI=1S/C12H23NO3/c1-3-16-12(15)10(2)8-13-6-4-11(9-13)5-7-14/h10-11,14H,3-9H2,1-2H3. The summed E-state index contributed by atoms with van der Waals surface area (Å²) in [6.45, 7) is 7.29. The van der Waals surface area contributed by atoms with Crippen molar-refractivity contribution in [1.29, 1.82) is 0 Å². The van der Waals surface area contributed by atoms with Gasteiger partial charge in [-0.15, -0.1) is 0 Å². The molecular formula is C12H23NO3. The van der Waals surface area contributed by atoms with Crippen molar-refractivity contribution in [2.45, 2.75) is 26.7 Å². The highest BCUT2D eigenvalue weighted by Crippen LogP contribution is 2.20. The van der Waals surface area contributed by atoms with Crippen molar-refractivity contribution in [3.8, 4) is 0 Å². The molecule has 1 rings (SSSR count). The average molecular weight is 229 g/mol. The summed E-state index contributed by atoms with van der Waals surface area (Å²) in [5, 5.41) is 8.86. The fraction of sp³-hybridized carbons (Fsp3) is 0.917. The zero-order valence-electron chi connectivity index (χ0n) is 10.3. The number of carbonyl (C=O) groups is 1. The quantitative estimate of drug-likeness (QED) is 0.687. The molecule has 16 heavy (non-hydrogen) atoms. The van der Waals surface area contributed by atoms with Crippen LogP contribution in [0.15, 0.2) is 0 Å². The molecule has 4 heteroatoms. The predicted octanol–water partition coefficient (Wildman–Crippen LogP) is 0.890. The fourth-order valence-corrected chi connectivity index (χ4v) is 2.24. The second-order valence-corrected chi connectivity index (χ2v) is 4.58. The van der Waals surface area contributed by atoms with Gasteiger partial charge in [-0.05, 0) is 32.2 Å². The Morgan fingerprint density at radius 2 is 2.38 bits per heavy atom. The first-order chi connectivity index (χ1) is 7.67. The number of likely N-dealkylation sites (tertiary alicyclic amines) is 1. The summed E-state index contributed by atoms with van der Waals surface area (Å²) in [7, 11) is 0. The predicted molar refractivity (Wildman–Crippen MR) is 62.0 cm³/mol. The molecule has 0 bridgehead atoms. The van der Waals surface area contributed by atoms with Gasteiger partial charge >= 0.3 is 5.97 Å². The highest BCUT2D eigenvalue weighted by Gasteiger charge is 2.25. The molecule has 0 amide bonds. The molecule has 0 aliphatic carbocycles. The van der Waals surface area contributed by atoms with E-state index in [0.717, 1.165) is 32.5 Å². The van der Waals surface area contributed by atoms with Crippen LogP contribution >= 0.6 is 0 Å². The zero-order chi connectivity index (χ0) is 12.0. The van der Waals surface area contributed by atoms with E-state index < -0.39 is 0 Å². The number of aliphatic hydroxyl groups excluding tert-OH is 1. The van der Waals surface area contributed by atoms with Gasteiger partial charge in [0.1, 0.15) is 0 Å². The summed E-state index contributed by atoms with van der Waals surface area (Å²) in [5.41, 5.74) is 0. The van der Waals surface area contributed by atoms with Crippen LogP contribution in [0.1, 0.15) is 26.7 Å². The van der Waals surface area contributed by atoms with E-state index in [4.69, 9.17) is 9.84 Å². The van der Waals surface area contributed by atoms with Crippen LogP contribution in [0.2, 0.25) is 0 Å². The molecule has 4 nitrogen and oxygen atoms in total. The first-order valence-electron chi connectivity index (χ1n) is 6.17. The first kappa shape index (κ1) is 13.5. The molecule has 1 heterocycles. The Bertz CT molecular complexity index is 220. The van der Waals surface area contributed by atoms with Gasteiger partial charge in [-0.25, -0.2) is 0 Å². The van der Waals surface area contributed by atoms with Crippen molar-refractivity contribution in [2.24, 2.45) is 11.8 Å². The van der Waals surface area contributed by atoms with Gasteiger partial charge in [-0.1, -0.05) is 6.92 Å². The molecule has 0 spiro atoms. The van der Waals surface area contributed by atoms with Gasteiger partial charge < -0.3 is 14.7 Å². The van der Waals surface area contributed by atoms with Gasteiger partial charge in [0.2, 0.25) is 0 Å². The van der Waals surface area contributed by atoms with E-state index in [1.807, 2.05) is 13.8 Å². The number of esters is 1. The summed E-state index contributed by atoms with van der Waals surface area (Å²) in [5.74, 6) is 0.445. The minimum absolute atomic E-state index is 0.0483. The van der Waals surface area contributed by atoms with Crippen LogP contribution < -0.4 is 0 Å². The molecule has 2 unspecified atom stereocenters. The summed E-state index contributed by atoms with van der Waals surface area (Å²) in [4.78, 5) is 13.7. The lowest BCUT2D eigenvalue weighted by Gasteiger charge is -2.19. The van der Waals surface area contributed by atoms with Crippen molar-refractivity contribution in [3.05, 3.63) is 0 Å². The normalized spacial score (nSPS) is 23.3. The lowest BCUT2D eigenvalue weighted by Crippen LogP contribution is -2.31. The Kier molecular flexibility index (Phi) is 5.77. The molecule has 94 valence electrons. The van der Waals surface area contributed by atoms with E-state index >= 15 is 0 Å². The maximum Gasteiger partial charge on any atom is 0.309 e. The van der Waals surface area contributed by atoms with Gasteiger partial charge in [0, 0.05) is 19.7 Å². The largest absolute Gasteiger partial charge is 0.466 e. The van der Waals surface area contributed by atoms with Crippen molar-refractivity contribution in [1.82, 2.24) is 4.90 Å². The number of aliphatic hydroxyl groups is 1. The molecule has 0 aromatic carbocycles. The number of rotatable bonds is 6. The molecule has 0 radical (unpaired) electrons. The Morgan fingerprint density at radius 1 is 1.62 bits per heavy atom. The summed E-state index contributed by atoms with van der Waals surface area (Å²) in [6.07, 6.45) is 2.01. The van der Waals surface area contributed by atoms with Crippen molar-refractivity contribution < 1.29 is 14.6 Å². The topological polar surface area (TPSA) is 49.8 Å². The van der Waals surface area contributed by atoms with E-state index in [1.54, 1.807) is 0 Å². The number of carbonyl (C=O) groups excluding carboxylic acids is 1. The van der Waals surface area contributed by atoms with Crippen LogP contribution in [0.5, 0.6) is 0 Å². The molecule has 0 aromatic rings. The Hall–Kier alpha value is -0.610. The van der Waals surface area contributed by atoms with Gasteiger partial charge in [-0.3, -0.25) is 4.79 Å². The zero-order valence-corrected chi connectivity index (χ0v) is 10.3.